The molecule has 7 nitrogen and oxygen atoms in total. The van der Waals surface area contributed by atoms with Crippen LogP contribution in [0.25, 0.3) is 5.69 Å². The lowest BCUT2D eigenvalue weighted by Gasteiger charge is -2.31. The number of para-hydroxylation sites is 1. The molecule has 1 aliphatic carbocycles. The van der Waals surface area contributed by atoms with Crippen molar-refractivity contribution in [1.82, 2.24) is 20.4 Å². The third-order valence-electron chi connectivity index (χ3n) is 5.03. The zero-order valence-corrected chi connectivity index (χ0v) is 17.6. The molecule has 1 heterocycles. The molecule has 1 fully saturated rings. The highest BCUT2D eigenvalue weighted by Gasteiger charge is 2.37. The summed E-state index contributed by atoms with van der Waals surface area (Å²) in [6.07, 6.45) is 3.17. The van der Waals surface area contributed by atoms with Gasteiger partial charge in [0.25, 0.3) is 5.91 Å². The summed E-state index contributed by atoms with van der Waals surface area (Å²) in [5.74, 6) is -0.226. The van der Waals surface area contributed by atoms with Crippen molar-refractivity contribution < 1.29 is 14.3 Å². The van der Waals surface area contributed by atoms with E-state index in [1.165, 1.54) is 0 Å². The predicted octanol–water partition coefficient (Wildman–Crippen LogP) is 3.75. The van der Waals surface area contributed by atoms with Gasteiger partial charge in [0.15, 0.2) is 5.69 Å². The Morgan fingerprint density at radius 2 is 1.83 bits per heavy atom. The molecule has 1 aliphatic rings. The number of hydrogen-bond donors (Lipinski definition) is 2. The van der Waals surface area contributed by atoms with E-state index in [2.05, 4.69) is 15.7 Å². The fourth-order valence-corrected chi connectivity index (χ4v) is 3.67. The van der Waals surface area contributed by atoms with Crippen molar-refractivity contribution in [3.05, 3.63) is 47.8 Å². The molecule has 0 aliphatic heterocycles. The van der Waals surface area contributed by atoms with Gasteiger partial charge in [-0.2, -0.15) is 5.10 Å². The molecule has 29 heavy (non-hydrogen) atoms. The number of carbonyl (C=O) groups is 2. The lowest BCUT2D eigenvalue weighted by molar-refractivity contribution is 0.0504. The van der Waals surface area contributed by atoms with E-state index in [0.717, 1.165) is 37.1 Å². The molecule has 0 spiro atoms. The second-order valence-corrected chi connectivity index (χ2v) is 8.72. The Balaban J connectivity index is 1.69. The Morgan fingerprint density at radius 1 is 1.17 bits per heavy atom. The van der Waals surface area contributed by atoms with Crippen LogP contribution in [0.5, 0.6) is 0 Å². The van der Waals surface area contributed by atoms with Crippen LogP contribution in [0.15, 0.2) is 36.4 Å². The van der Waals surface area contributed by atoms with Crippen LogP contribution in [0.4, 0.5) is 4.79 Å². The number of ether oxygens (including phenoxy) is 1. The standard InChI is InChI=1S/C22H30N4O3/c1-16-14-18(25-26(16)17-10-6-5-7-11-17)19(27)24-22(12-8-9-13-22)15-23-20(28)29-21(2,3)4/h5-7,10-11,14H,8-9,12-13,15H2,1-4H3,(H,23,28)(H,24,27). The van der Waals surface area contributed by atoms with Crippen molar-refractivity contribution in [1.29, 1.82) is 0 Å². The third-order valence-corrected chi connectivity index (χ3v) is 5.03. The van der Waals surface area contributed by atoms with Crippen LogP contribution in [0, 0.1) is 6.92 Å². The van der Waals surface area contributed by atoms with E-state index in [4.69, 9.17) is 4.74 Å². The van der Waals surface area contributed by atoms with E-state index >= 15 is 0 Å². The first-order valence-electron chi connectivity index (χ1n) is 10.1. The molecule has 0 bridgehead atoms. The van der Waals surface area contributed by atoms with Gasteiger partial charge < -0.3 is 15.4 Å². The smallest absolute Gasteiger partial charge is 0.407 e. The maximum Gasteiger partial charge on any atom is 0.407 e. The molecule has 156 valence electrons. The van der Waals surface area contributed by atoms with Gasteiger partial charge in [0.1, 0.15) is 5.60 Å². The Kier molecular flexibility index (Phi) is 5.96. The van der Waals surface area contributed by atoms with E-state index < -0.39 is 17.2 Å². The van der Waals surface area contributed by atoms with Crippen LogP contribution >= 0.6 is 0 Å². The fourth-order valence-electron chi connectivity index (χ4n) is 3.67. The summed E-state index contributed by atoms with van der Waals surface area (Å²) in [5, 5.41) is 10.4. The first-order chi connectivity index (χ1) is 13.7. The zero-order valence-electron chi connectivity index (χ0n) is 17.6. The average Bonchev–Trinajstić information content (AvgIpc) is 3.27. The lowest BCUT2D eigenvalue weighted by Crippen LogP contribution is -2.54. The average molecular weight is 399 g/mol. The fraction of sp³-hybridized carbons (Fsp3) is 0.500. The summed E-state index contributed by atoms with van der Waals surface area (Å²) in [5.41, 5.74) is 1.13. The van der Waals surface area contributed by atoms with Crippen molar-refractivity contribution in [3.63, 3.8) is 0 Å². The summed E-state index contributed by atoms with van der Waals surface area (Å²) < 4.78 is 7.08. The molecule has 7 heteroatoms. The van der Waals surface area contributed by atoms with E-state index in [1.54, 1.807) is 10.7 Å². The molecule has 0 unspecified atom stereocenters. The summed E-state index contributed by atoms with van der Waals surface area (Å²) in [6.45, 7) is 7.74. The number of carbonyl (C=O) groups excluding carboxylic acids is 2. The van der Waals surface area contributed by atoms with Crippen molar-refractivity contribution in [2.75, 3.05) is 6.54 Å². The highest BCUT2D eigenvalue weighted by molar-refractivity contribution is 5.93. The van der Waals surface area contributed by atoms with Crippen molar-refractivity contribution in [3.8, 4) is 5.69 Å². The Bertz CT molecular complexity index is 862. The molecule has 1 aromatic heterocycles. The van der Waals surface area contributed by atoms with Gasteiger partial charge in [0.2, 0.25) is 0 Å². The minimum atomic E-state index is -0.558. The summed E-state index contributed by atoms with van der Waals surface area (Å²) in [4.78, 5) is 25.0. The Morgan fingerprint density at radius 3 is 2.45 bits per heavy atom. The Hall–Kier alpha value is -2.83. The van der Waals surface area contributed by atoms with Gasteiger partial charge >= 0.3 is 6.09 Å². The molecule has 1 aromatic carbocycles. The number of alkyl carbamates (subject to hydrolysis) is 1. The number of hydrogen-bond acceptors (Lipinski definition) is 4. The highest BCUT2D eigenvalue weighted by atomic mass is 16.6. The maximum atomic E-state index is 12.9. The molecule has 1 saturated carbocycles. The molecule has 2 aromatic rings. The predicted molar refractivity (Wildman–Crippen MR) is 111 cm³/mol. The molecular formula is C22H30N4O3. The molecule has 3 rings (SSSR count). The van der Waals surface area contributed by atoms with Crippen LogP contribution < -0.4 is 10.6 Å². The number of nitrogens with zero attached hydrogens (tertiary/aromatic N) is 2. The van der Waals surface area contributed by atoms with Crippen LogP contribution in [0.3, 0.4) is 0 Å². The minimum absolute atomic E-state index is 0.226. The van der Waals surface area contributed by atoms with Gasteiger partial charge in [-0.25, -0.2) is 9.48 Å². The highest BCUT2D eigenvalue weighted by Crippen LogP contribution is 2.29. The Labute approximate surface area is 171 Å². The van der Waals surface area contributed by atoms with Crippen LogP contribution in [0.2, 0.25) is 0 Å². The quantitative estimate of drug-likeness (QED) is 0.803. The van der Waals surface area contributed by atoms with Crippen LogP contribution in [-0.4, -0.2) is 39.5 Å². The first kappa shape index (κ1) is 20.9. The number of aromatic nitrogens is 2. The normalized spacial score (nSPS) is 15.7. The number of rotatable bonds is 5. The topological polar surface area (TPSA) is 85.2 Å². The van der Waals surface area contributed by atoms with Gasteiger partial charge in [-0.15, -0.1) is 0 Å². The monoisotopic (exact) mass is 398 g/mol. The van der Waals surface area contributed by atoms with E-state index in [-0.39, 0.29) is 5.91 Å². The molecule has 2 amide bonds. The van der Waals surface area contributed by atoms with E-state index in [0.29, 0.717) is 12.2 Å². The van der Waals surface area contributed by atoms with Gasteiger partial charge in [0.05, 0.1) is 11.2 Å². The van der Waals surface area contributed by atoms with Gasteiger partial charge in [-0.3, -0.25) is 4.79 Å². The maximum absolute atomic E-state index is 12.9. The third kappa shape index (κ3) is 5.37. The van der Waals surface area contributed by atoms with E-state index in [9.17, 15) is 9.59 Å². The number of benzene rings is 1. The SMILES string of the molecule is Cc1cc(C(=O)NC2(CNC(=O)OC(C)(C)C)CCCC2)nn1-c1ccccc1. The van der Waals surface area contributed by atoms with Crippen molar-refractivity contribution in [2.24, 2.45) is 0 Å². The summed E-state index contributed by atoms with van der Waals surface area (Å²) in [6, 6.07) is 11.5. The number of nitrogens with one attached hydrogen (secondary N) is 2. The van der Waals surface area contributed by atoms with Crippen molar-refractivity contribution in [2.45, 2.75) is 64.5 Å². The van der Waals surface area contributed by atoms with Gasteiger partial charge in [0, 0.05) is 12.2 Å². The number of amides is 2. The minimum Gasteiger partial charge on any atom is -0.444 e. The lowest BCUT2D eigenvalue weighted by atomic mass is 9.97. The summed E-state index contributed by atoms with van der Waals surface area (Å²) in [7, 11) is 0. The first-order valence-corrected chi connectivity index (χ1v) is 10.1. The van der Waals surface area contributed by atoms with Crippen LogP contribution in [0.1, 0.15) is 62.6 Å². The van der Waals surface area contributed by atoms with Crippen molar-refractivity contribution >= 4 is 12.0 Å². The second-order valence-electron chi connectivity index (χ2n) is 8.72. The zero-order chi connectivity index (χ0) is 21.1. The van der Waals surface area contributed by atoms with Gasteiger partial charge in [-0.1, -0.05) is 31.0 Å². The van der Waals surface area contributed by atoms with E-state index in [1.807, 2.05) is 58.0 Å². The van der Waals surface area contributed by atoms with Gasteiger partial charge in [-0.05, 0) is 58.7 Å². The largest absolute Gasteiger partial charge is 0.444 e. The van der Waals surface area contributed by atoms with Crippen LogP contribution in [-0.2, 0) is 4.74 Å². The molecule has 0 radical (unpaired) electrons. The molecule has 0 saturated heterocycles. The molecular weight excluding hydrogens is 368 g/mol. The number of aryl methyl sites for hydroxylation is 1. The molecule has 0 atom stereocenters. The summed E-state index contributed by atoms with van der Waals surface area (Å²) >= 11 is 0. The molecule has 2 N–H and O–H groups in total. The second kappa shape index (κ2) is 8.27.